The Balaban J connectivity index is 3.02. The zero-order valence-corrected chi connectivity index (χ0v) is 19.4. The summed E-state index contributed by atoms with van der Waals surface area (Å²) in [4.78, 5) is 62.6. The van der Waals surface area contributed by atoms with Crippen molar-refractivity contribution < 1.29 is 29.1 Å². The second-order valence-electron chi connectivity index (χ2n) is 8.71. The van der Waals surface area contributed by atoms with Crippen LogP contribution in [-0.2, 0) is 24.0 Å². The fraction of sp³-hybridized carbons (Fsp3) is 0.762. The number of carboxylic acid groups (broad SMARTS) is 1. The highest BCUT2D eigenvalue weighted by molar-refractivity contribution is 5.94. The number of primary amides is 1. The summed E-state index contributed by atoms with van der Waals surface area (Å²) in [6, 6.07) is -3.93. The first-order valence-corrected chi connectivity index (χ1v) is 11.4. The summed E-state index contributed by atoms with van der Waals surface area (Å²) < 4.78 is 0. The SMILES string of the molecule is CC(C)C(N)C(=O)NC(CCCCN)C(=O)NC(CCC(N)=O)C(=O)N1CCCC1C(=O)O. The normalized spacial score (nSPS) is 18.5. The molecular weight excluding hydrogens is 432 g/mol. The van der Waals surface area contributed by atoms with Gasteiger partial charge in [-0.15, -0.1) is 0 Å². The third kappa shape index (κ3) is 8.97. The maximum absolute atomic E-state index is 13.1. The molecule has 0 radical (unpaired) electrons. The number of unbranched alkanes of at least 4 members (excludes halogenated alkanes) is 1. The van der Waals surface area contributed by atoms with Crippen molar-refractivity contribution in [1.82, 2.24) is 15.5 Å². The first-order valence-electron chi connectivity index (χ1n) is 11.4. The third-order valence-corrected chi connectivity index (χ3v) is 5.72. The molecule has 33 heavy (non-hydrogen) atoms. The third-order valence-electron chi connectivity index (χ3n) is 5.72. The van der Waals surface area contributed by atoms with Crippen molar-refractivity contribution in [3.05, 3.63) is 0 Å². The van der Waals surface area contributed by atoms with Crippen molar-refractivity contribution in [2.45, 2.75) is 83.0 Å². The van der Waals surface area contributed by atoms with Gasteiger partial charge in [0.25, 0.3) is 0 Å². The summed E-state index contributed by atoms with van der Waals surface area (Å²) in [5.74, 6) is -3.65. The molecule has 1 heterocycles. The lowest BCUT2D eigenvalue weighted by Gasteiger charge is -2.29. The van der Waals surface area contributed by atoms with Crippen LogP contribution in [0.5, 0.6) is 0 Å². The van der Waals surface area contributed by atoms with E-state index in [1.54, 1.807) is 13.8 Å². The number of nitrogens with zero attached hydrogens (tertiary/aromatic N) is 1. The van der Waals surface area contributed by atoms with E-state index in [0.717, 1.165) is 0 Å². The number of aliphatic carboxylic acids is 1. The van der Waals surface area contributed by atoms with Crippen molar-refractivity contribution >= 4 is 29.6 Å². The molecule has 0 aromatic carbocycles. The quantitative estimate of drug-likeness (QED) is 0.162. The van der Waals surface area contributed by atoms with E-state index in [9.17, 15) is 29.1 Å². The smallest absolute Gasteiger partial charge is 0.326 e. The monoisotopic (exact) mass is 470 g/mol. The topological polar surface area (TPSA) is 211 Å². The lowest BCUT2D eigenvalue weighted by Crippen LogP contribution is -2.57. The van der Waals surface area contributed by atoms with E-state index >= 15 is 0 Å². The summed E-state index contributed by atoms with van der Waals surface area (Å²) in [5, 5.41) is 14.6. The van der Waals surface area contributed by atoms with Gasteiger partial charge in [0.15, 0.2) is 0 Å². The molecule has 9 N–H and O–H groups in total. The number of carbonyl (C=O) groups is 5. The van der Waals surface area contributed by atoms with Crippen LogP contribution < -0.4 is 27.8 Å². The van der Waals surface area contributed by atoms with Gasteiger partial charge in [-0.3, -0.25) is 19.2 Å². The largest absolute Gasteiger partial charge is 0.480 e. The van der Waals surface area contributed by atoms with E-state index in [-0.39, 0.29) is 31.7 Å². The molecule has 4 atom stereocenters. The summed E-state index contributed by atoms with van der Waals surface area (Å²) in [5.41, 5.74) is 16.6. The molecule has 4 amide bonds. The van der Waals surface area contributed by atoms with Crippen LogP contribution >= 0.6 is 0 Å². The molecule has 188 valence electrons. The molecule has 0 bridgehead atoms. The molecule has 1 rings (SSSR count). The van der Waals surface area contributed by atoms with Gasteiger partial charge in [0, 0.05) is 13.0 Å². The maximum Gasteiger partial charge on any atom is 0.326 e. The highest BCUT2D eigenvalue weighted by Crippen LogP contribution is 2.20. The molecule has 0 aromatic heterocycles. The van der Waals surface area contributed by atoms with Crippen molar-refractivity contribution in [1.29, 1.82) is 0 Å². The zero-order chi connectivity index (χ0) is 25.1. The van der Waals surface area contributed by atoms with Crippen LogP contribution in [0.2, 0.25) is 0 Å². The minimum atomic E-state index is -1.15. The lowest BCUT2D eigenvalue weighted by atomic mass is 10.0. The van der Waals surface area contributed by atoms with Gasteiger partial charge in [-0.05, 0) is 51.0 Å². The Morgan fingerprint density at radius 3 is 2.21 bits per heavy atom. The van der Waals surface area contributed by atoms with Crippen molar-refractivity contribution in [3.63, 3.8) is 0 Å². The molecule has 1 saturated heterocycles. The average molecular weight is 471 g/mol. The van der Waals surface area contributed by atoms with Crippen LogP contribution in [0.25, 0.3) is 0 Å². The number of hydrogen-bond acceptors (Lipinski definition) is 7. The van der Waals surface area contributed by atoms with Crippen LogP contribution in [-0.4, -0.2) is 76.9 Å². The minimum absolute atomic E-state index is 0.0856. The number of carbonyl (C=O) groups excluding carboxylic acids is 4. The molecule has 0 spiro atoms. The molecule has 1 aliphatic heterocycles. The summed E-state index contributed by atoms with van der Waals surface area (Å²) in [7, 11) is 0. The molecule has 0 aliphatic carbocycles. The number of nitrogens with two attached hydrogens (primary N) is 3. The molecule has 12 nitrogen and oxygen atoms in total. The highest BCUT2D eigenvalue weighted by Gasteiger charge is 2.38. The van der Waals surface area contributed by atoms with Crippen molar-refractivity contribution in [2.75, 3.05) is 13.1 Å². The van der Waals surface area contributed by atoms with Crippen molar-refractivity contribution in [3.8, 4) is 0 Å². The molecule has 1 aliphatic rings. The summed E-state index contributed by atoms with van der Waals surface area (Å²) in [6.07, 6.45) is 2.03. The lowest BCUT2D eigenvalue weighted by molar-refractivity contribution is -0.149. The molecular formula is C21H38N6O6. The second-order valence-corrected chi connectivity index (χ2v) is 8.71. The fourth-order valence-electron chi connectivity index (χ4n) is 3.64. The molecule has 4 unspecified atom stereocenters. The zero-order valence-electron chi connectivity index (χ0n) is 19.4. The fourth-order valence-corrected chi connectivity index (χ4v) is 3.64. The first kappa shape index (κ1) is 28.3. The van der Waals surface area contributed by atoms with Crippen molar-refractivity contribution in [2.24, 2.45) is 23.1 Å². The van der Waals surface area contributed by atoms with Gasteiger partial charge >= 0.3 is 5.97 Å². The Kier molecular flexibility index (Phi) is 11.8. The first-order chi connectivity index (χ1) is 15.5. The standard InChI is InChI=1S/C21H38N6O6/c1-12(2)17(24)19(30)25-13(6-3-4-10-22)18(29)26-14(8-9-16(23)28)20(31)27-11-5-7-15(27)21(32)33/h12-15,17H,3-11,22,24H2,1-2H3,(H2,23,28)(H,25,30)(H,26,29)(H,32,33). The van der Waals surface area contributed by atoms with Crippen LogP contribution in [0, 0.1) is 5.92 Å². The Morgan fingerprint density at radius 1 is 1.03 bits per heavy atom. The summed E-state index contributed by atoms with van der Waals surface area (Å²) in [6.45, 7) is 4.21. The Hall–Kier alpha value is -2.73. The predicted molar refractivity (Wildman–Crippen MR) is 120 cm³/mol. The van der Waals surface area contributed by atoms with E-state index in [1.165, 1.54) is 4.90 Å². The molecule has 0 saturated carbocycles. The van der Waals surface area contributed by atoms with E-state index in [0.29, 0.717) is 32.2 Å². The Morgan fingerprint density at radius 2 is 1.67 bits per heavy atom. The number of nitrogens with one attached hydrogen (secondary N) is 2. The Bertz CT molecular complexity index is 715. The minimum Gasteiger partial charge on any atom is -0.480 e. The van der Waals surface area contributed by atoms with Crippen LogP contribution in [0.3, 0.4) is 0 Å². The van der Waals surface area contributed by atoms with E-state index in [2.05, 4.69) is 10.6 Å². The molecule has 0 aromatic rings. The van der Waals surface area contributed by atoms with Crippen LogP contribution in [0.15, 0.2) is 0 Å². The van der Waals surface area contributed by atoms with Gasteiger partial charge < -0.3 is 37.8 Å². The number of likely N-dealkylation sites (tertiary alicyclic amines) is 1. The Labute approximate surface area is 194 Å². The van der Waals surface area contributed by atoms with Crippen LogP contribution in [0.4, 0.5) is 0 Å². The van der Waals surface area contributed by atoms with Crippen LogP contribution in [0.1, 0.15) is 58.8 Å². The van der Waals surface area contributed by atoms with Gasteiger partial charge in [0.2, 0.25) is 23.6 Å². The number of carboxylic acids is 1. The second kappa shape index (κ2) is 13.7. The number of rotatable bonds is 14. The highest BCUT2D eigenvalue weighted by atomic mass is 16.4. The van der Waals surface area contributed by atoms with Gasteiger partial charge in [-0.25, -0.2) is 4.79 Å². The number of hydrogen-bond donors (Lipinski definition) is 6. The molecule has 12 heteroatoms. The van der Waals surface area contributed by atoms with Gasteiger partial charge in [-0.1, -0.05) is 13.8 Å². The van der Waals surface area contributed by atoms with E-state index < -0.39 is 53.8 Å². The van der Waals surface area contributed by atoms with E-state index in [4.69, 9.17) is 17.2 Å². The van der Waals surface area contributed by atoms with Gasteiger partial charge in [-0.2, -0.15) is 0 Å². The summed E-state index contributed by atoms with van der Waals surface area (Å²) >= 11 is 0. The average Bonchev–Trinajstić information content (AvgIpc) is 3.24. The number of amides is 4. The molecule has 1 fully saturated rings. The van der Waals surface area contributed by atoms with Gasteiger partial charge in [0.05, 0.1) is 6.04 Å². The maximum atomic E-state index is 13.1. The van der Waals surface area contributed by atoms with E-state index in [1.807, 2.05) is 0 Å². The predicted octanol–water partition coefficient (Wildman–Crippen LogP) is -1.59. The van der Waals surface area contributed by atoms with Gasteiger partial charge in [0.1, 0.15) is 18.1 Å².